The highest BCUT2D eigenvalue weighted by Gasteiger charge is 2.38. The maximum atomic E-state index is 13.4. The first-order chi connectivity index (χ1) is 18.3. The van der Waals surface area contributed by atoms with Crippen LogP contribution >= 0.6 is 0 Å². The van der Waals surface area contributed by atoms with Gasteiger partial charge >= 0.3 is 12.3 Å². The molecule has 0 aliphatic carbocycles. The van der Waals surface area contributed by atoms with Crippen molar-refractivity contribution in [1.82, 2.24) is 24.4 Å². The van der Waals surface area contributed by atoms with Gasteiger partial charge in [-0.1, -0.05) is 36.4 Å². The Morgan fingerprint density at radius 1 is 1.03 bits per heavy atom. The van der Waals surface area contributed by atoms with Crippen molar-refractivity contribution in [3.05, 3.63) is 102 Å². The Labute approximate surface area is 216 Å². The third-order valence-corrected chi connectivity index (χ3v) is 6.60. The van der Waals surface area contributed by atoms with Crippen LogP contribution in [-0.2, 0) is 17.5 Å². The van der Waals surface area contributed by atoms with Gasteiger partial charge in [0.2, 0.25) is 5.95 Å². The van der Waals surface area contributed by atoms with Crippen LogP contribution in [0.2, 0.25) is 0 Å². The number of carbonyl (C=O) groups excluding carboxylic acids is 1. The predicted molar refractivity (Wildman–Crippen MR) is 133 cm³/mol. The molecule has 0 radical (unpaired) electrons. The van der Waals surface area contributed by atoms with E-state index in [4.69, 9.17) is 10.5 Å². The SMILES string of the molecule is Nc1nccc(C2CN(C(=O)OCc3ccccc3)CCC2c2nccn2-c2cccc(C(F)(F)F)c2)n1. The van der Waals surface area contributed by atoms with Gasteiger partial charge in [-0.25, -0.2) is 19.7 Å². The Morgan fingerprint density at radius 2 is 1.84 bits per heavy atom. The molecule has 11 heteroatoms. The van der Waals surface area contributed by atoms with Gasteiger partial charge in [0.25, 0.3) is 0 Å². The van der Waals surface area contributed by atoms with E-state index in [0.717, 1.165) is 17.7 Å². The fourth-order valence-corrected chi connectivity index (χ4v) is 4.77. The van der Waals surface area contributed by atoms with Crippen molar-refractivity contribution in [2.75, 3.05) is 18.8 Å². The molecule has 2 unspecified atom stereocenters. The number of nitrogens with zero attached hydrogens (tertiary/aromatic N) is 5. The van der Waals surface area contributed by atoms with Gasteiger partial charge in [-0.15, -0.1) is 0 Å². The number of imidazole rings is 1. The van der Waals surface area contributed by atoms with Crippen LogP contribution in [0.3, 0.4) is 0 Å². The molecule has 1 aliphatic heterocycles. The zero-order valence-electron chi connectivity index (χ0n) is 20.3. The fraction of sp³-hybridized carbons (Fsp3) is 0.259. The number of alkyl halides is 3. The van der Waals surface area contributed by atoms with E-state index in [9.17, 15) is 18.0 Å². The largest absolute Gasteiger partial charge is 0.445 e. The van der Waals surface area contributed by atoms with Crippen molar-refractivity contribution in [2.45, 2.75) is 31.0 Å². The normalized spacial score (nSPS) is 17.8. The van der Waals surface area contributed by atoms with Gasteiger partial charge in [0.1, 0.15) is 12.4 Å². The number of nitrogen functional groups attached to an aromatic ring is 1. The third-order valence-electron chi connectivity index (χ3n) is 6.60. The van der Waals surface area contributed by atoms with Gasteiger partial charge in [-0.2, -0.15) is 13.2 Å². The highest BCUT2D eigenvalue weighted by molar-refractivity contribution is 5.68. The van der Waals surface area contributed by atoms with Crippen LogP contribution in [0.1, 0.15) is 40.9 Å². The summed E-state index contributed by atoms with van der Waals surface area (Å²) in [4.78, 5) is 27.4. The molecule has 2 N–H and O–H groups in total. The molecule has 1 fully saturated rings. The molecule has 2 aromatic carbocycles. The third kappa shape index (κ3) is 5.46. The second kappa shape index (κ2) is 10.5. The van der Waals surface area contributed by atoms with Gasteiger partial charge in [-0.3, -0.25) is 0 Å². The Bertz CT molecular complexity index is 1410. The van der Waals surface area contributed by atoms with Crippen molar-refractivity contribution in [1.29, 1.82) is 0 Å². The van der Waals surface area contributed by atoms with E-state index in [2.05, 4.69) is 15.0 Å². The Kier molecular flexibility index (Phi) is 6.99. The van der Waals surface area contributed by atoms with Crippen molar-refractivity contribution < 1.29 is 22.7 Å². The zero-order chi connectivity index (χ0) is 26.7. The predicted octanol–water partition coefficient (Wildman–Crippen LogP) is 5.17. The van der Waals surface area contributed by atoms with E-state index in [1.807, 2.05) is 30.3 Å². The van der Waals surface area contributed by atoms with Crippen molar-refractivity contribution >= 4 is 12.0 Å². The molecule has 0 spiro atoms. The summed E-state index contributed by atoms with van der Waals surface area (Å²) in [6.45, 7) is 0.791. The highest BCUT2D eigenvalue weighted by atomic mass is 19.4. The first kappa shape index (κ1) is 25.2. The number of halogens is 3. The van der Waals surface area contributed by atoms with Crippen molar-refractivity contribution in [3.63, 3.8) is 0 Å². The lowest BCUT2D eigenvalue weighted by Gasteiger charge is -2.37. The monoisotopic (exact) mass is 522 g/mol. The molecule has 1 saturated heterocycles. The van der Waals surface area contributed by atoms with Crippen LogP contribution in [0, 0.1) is 0 Å². The number of nitrogens with two attached hydrogens (primary N) is 1. The summed E-state index contributed by atoms with van der Waals surface area (Å²) in [7, 11) is 0. The van der Waals surface area contributed by atoms with E-state index < -0.39 is 17.8 Å². The van der Waals surface area contributed by atoms with Crippen molar-refractivity contribution in [2.24, 2.45) is 0 Å². The molecule has 196 valence electrons. The molecule has 1 amide bonds. The van der Waals surface area contributed by atoms with Gasteiger partial charge in [0, 0.05) is 49.2 Å². The van der Waals surface area contributed by atoms with Crippen LogP contribution in [0.4, 0.5) is 23.9 Å². The highest BCUT2D eigenvalue weighted by Crippen LogP contribution is 2.40. The molecule has 1 aliphatic rings. The number of likely N-dealkylation sites (tertiary alicyclic amines) is 1. The molecule has 8 nitrogen and oxygen atoms in total. The standard InChI is InChI=1S/C27H25F3N6O2/c28-27(29,30)19-7-4-8-20(15-19)36-14-12-32-24(36)21-10-13-35(16-22(21)23-9-11-33-25(31)34-23)26(37)38-17-18-5-2-1-3-6-18/h1-9,11-12,14-15,21-22H,10,13,16-17H2,(H2,31,33,34). The van der Waals surface area contributed by atoms with E-state index in [0.29, 0.717) is 30.2 Å². The maximum Gasteiger partial charge on any atom is 0.416 e. The average Bonchev–Trinajstić information content (AvgIpc) is 3.41. The lowest BCUT2D eigenvalue weighted by molar-refractivity contribution is -0.137. The number of piperidine rings is 1. The summed E-state index contributed by atoms with van der Waals surface area (Å²) >= 11 is 0. The molecule has 2 aromatic heterocycles. The lowest BCUT2D eigenvalue weighted by Crippen LogP contribution is -2.43. The number of rotatable bonds is 5. The van der Waals surface area contributed by atoms with Crippen LogP contribution in [0.15, 0.2) is 79.3 Å². The summed E-state index contributed by atoms with van der Waals surface area (Å²) in [5.74, 6) is 0.0624. The van der Waals surface area contributed by atoms with E-state index >= 15 is 0 Å². The summed E-state index contributed by atoms with van der Waals surface area (Å²) in [6, 6.07) is 16.2. The summed E-state index contributed by atoms with van der Waals surface area (Å²) in [5, 5.41) is 0. The van der Waals surface area contributed by atoms with E-state index in [1.165, 1.54) is 6.07 Å². The number of benzene rings is 2. The number of hydrogen-bond acceptors (Lipinski definition) is 6. The molecule has 5 rings (SSSR count). The molecular weight excluding hydrogens is 497 g/mol. The number of amides is 1. The number of carbonyl (C=O) groups is 1. The number of hydrogen-bond donors (Lipinski definition) is 1. The van der Waals surface area contributed by atoms with Crippen LogP contribution in [-0.4, -0.2) is 43.6 Å². The van der Waals surface area contributed by atoms with Gasteiger partial charge in [0.05, 0.1) is 11.3 Å². The number of aromatic nitrogens is 4. The lowest BCUT2D eigenvalue weighted by atomic mass is 9.82. The molecule has 4 aromatic rings. The Balaban J connectivity index is 1.43. The van der Waals surface area contributed by atoms with Crippen LogP contribution < -0.4 is 5.73 Å². The molecule has 2 atom stereocenters. The maximum absolute atomic E-state index is 13.4. The second-order valence-electron chi connectivity index (χ2n) is 9.03. The smallest absolute Gasteiger partial charge is 0.416 e. The summed E-state index contributed by atoms with van der Waals surface area (Å²) < 4.78 is 47.3. The topological polar surface area (TPSA) is 99.2 Å². The van der Waals surface area contributed by atoms with Crippen molar-refractivity contribution in [3.8, 4) is 5.69 Å². The summed E-state index contributed by atoms with van der Waals surface area (Å²) in [6.07, 6.45) is 0.299. The molecule has 0 saturated carbocycles. The van der Waals surface area contributed by atoms with Gasteiger partial charge < -0.3 is 19.9 Å². The molecule has 38 heavy (non-hydrogen) atoms. The van der Waals surface area contributed by atoms with E-state index in [-0.39, 0.29) is 30.9 Å². The Hall–Kier alpha value is -4.41. The minimum absolute atomic E-state index is 0.0891. The van der Waals surface area contributed by atoms with Crippen LogP contribution in [0.5, 0.6) is 0 Å². The molecule has 3 heterocycles. The first-order valence-corrected chi connectivity index (χ1v) is 12.0. The minimum Gasteiger partial charge on any atom is -0.445 e. The quantitative estimate of drug-likeness (QED) is 0.388. The average molecular weight is 523 g/mol. The van der Waals surface area contributed by atoms with E-state index in [1.54, 1.807) is 40.2 Å². The Morgan fingerprint density at radius 3 is 2.61 bits per heavy atom. The molecule has 0 bridgehead atoms. The first-order valence-electron chi connectivity index (χ1n) is 12.0. The minimum atomic E-state index is -4.47. The fourth-order valence-electron chi connectivity index (χ4n) is 4.77. The second-order valence-corrected chi connectivity index (χ2v) is 9.03. The summed E-state index contributed by atoms with van der Waals surface area (Å²) in [5.41, 5.74) is 6.95. The number of ether oxygens (including phenoxy) is 1. The van der Waals surface area contributed by atoms with Crippen LogP contribution in [0.25, 0.3) is 5.69 Å². The van der Waals surface area contributed by atoms with Gasteiger partial charge in [-0.05, 0) is 36.2 Å². The molecular formula is C27H25F3N6O2. The zero-order valence-corrected chi connectivity index (χ0v) is 20.3. The number of anilines is 1. The van der Waals surface area contributed by atoms with Gasteiger partial charge in [0.15, 0.2) is 0 Å².